The molecule has 12 heteroatoms. The van der Waals surface area contributed by atoms with E-state index in [0.29, 0.717) is 59.4 Å². The standard InChI is InChI=1S/C29H27N5O6S/c1-18-7-9-25(19(2)15-18)34-27(35)22-6-4-3-5-21(22)23(28(34)36)17-30-32-29-31-24-16-20(8-10-26(24)40-29)41(37,38)33-11-13-39-14-12-33/h3-10,15-17,36H,11-14H2,1-2H3,(H,31,32)/b30-17-. The number of hydrogen-bond acceptors (Lipinski definition) is 9. The van der Waals surface area contributed by atoms with Gasteiger partial charge in [-0.15, -0.1) is 0 Å². The van der Waals surface area contributed by atoms with Gasteiger partial charge in [0.1, 0.15) is 5.52 Å². The van der Waals surface area contributed by atoms with Crippen LogP contribution in [-0.2, 0) is 14.8 Å². The maximum atomic E-state index is 13.4. The Labute approximate surface area is 235 Å². The number of aryl methyl sites for hydroxylation is 2. The van der Waals surface area contributed by atoms with Gasteiger partial charge in [0.15, 0.2) is 5.58 Å². The molecule has 5 aromatic rings. The molecule has 1 aliphatic rings. The van der Waals surface area contributed by atoms with Gasteiger partial charge in [-0.05, 0) is 49.7 Å². The van der Waals surface area contributed by atoms with Crippen LogP contribution in [0.5, 0.6) is 5.88 Å². The number of nitrogens with one attached hydrogen (secondary N) is 1. The first-order valence-electron chi connectivity index (χ1n) is 13.0. The first-order valence-corrected chi connectivity index (χ1v) is 14.4. The van der Waals surface area contributed by atoms with E-state index in [9.17, 15) is 18.3 Å². The number of fused-ring (bicyclic) bond motifs is 2. The summed E-state index contributed by atoms with van der Waals surface area (Å²) in [5.74, 6) is -0.262. The molecule has 1 aliphatic heterocycles. The number of oxazole rings is 1. The van der Waals surface area contributed by atoms with Crippen molar-refractivity contribution in [3.8, 4) is 11.6 Å². The summed E-state index contributed by atoms with van der Waals surface area (Å²) in [5, 5.41) is 16.4. The molecule has 0 radical (unpaired) electrons. The van der Waals surface area contributed by atoms with Crippen LogP contribution in [0, 0.1) is 13.8 Å². The van der Waals surface area contributed by atoms with Crippen LogP contribution in [0.2, 0.25) is 0 Å². The van der Waals surface area contributed by atoms with Crippen molar-refractivity contribution in [1.82, 2.24) is 13.9 Å². The number of morpholine rings is 1. The normalized spacial score (nSPS) is 14.8. The summed E-state index contributed by atoms with van der Waals surface area (Å²) in [6.07, 6.45) is 1.39. The van der Waals surface area contributed by atoms with Crippen LogP contribution in [-0.4, -0.2) is 59.9 Å². The van der Waals surface area contributed by atoms with E-state index in [0.717, 1.165) is 11.1 Å². The maximum Gasteiger partial charge on any atom is 0.316 e. The lowest BCUT2D eigenvalue weighted by atomic mass is 10.1. The van der Waals surface area contributed by atoms with Crippen LogP contribution < -0.4 is 11.0 Å². The number of ether oxygens (including phenoxy) is 1. The minimum atomic E-state index is -3.69. The molecule has 41 heavy (non-hydrogen) atoms. The van der Waals surface area contributed by atoms with Crippen LogP contribution in [0.1, 0.15) is 16.7 Å². The van der Waals surface area contributed by atoms with Gasteiger partial charge in [-0.2, -0.15) is 14.4 Å². The SMILES string of the molecule is Cc1ccc(-n2c(O)c(/C=N\Nc3nc4cc(S(=O)(=O)N5CCOCC5)ccc4o3)c3ccccc3c2=O)c(C)c1. The van der Waals surface area contributed by atoms with Crippen molar-refractivity contribution in [1.29, 1.82) is 0 Å². The molecular weight excluding hydrogens is 546 g/mol. The number of pyridine rings is 1. The molecule has 2 aromatic heterocycles. The van der Waals surface area contributed by atoms with E-state index in [1.54, 1.807) is 36.4 Å². The third-order valence-corrected chi connectivity index (χ3v) is 8.91. The van der Waals surface area contributed by atoms with Crippen molar-refractivity contribution in [2.24, 2.45) is 5.10 Å². The second-order valence-corrected chi connectivity index (χ2v) is 11.7. The largest absolute Gasteiger partial charge is 0.494 e. The van der Waals surface area contributed by atoms with E-state index in [4.69, 9.17) is 9.15 Å². The fourth-order valence-corrected chi connectivity index (χ4v) is 6.40. The van der Waals surface area contributed by atoms with E-state index < -0.39 is 10.0 Å². The molecule has 0 aliphatic carbocycles. The van der Waals surface area contributed by atoms with E-state index in [-0.39, 0.29) is 22.3 Å². The van der Waals surface area contributed by atoms with Crippen molar-refractivity contribution in [3.05, 3.63) is 87.7 Å². The molecule has 3 aromatic carbocycles. The molecule has 6 rings (SSSR count). The third kappa shape index (κ3) is 4.86. The number of rotatable bonds is 6. The van der Waals surface area contributed by atoms with Gasteiger partial charge in [-0.25, -0.2) is 18.4 Å². The summed E-state index contributed by atoms with van der Waals surface area (Å²) >= 11 is 0. The number of aromatic nitrogens is 2. The highest BCUT2D eigenvalue weighted by atomic mass is 32.2. The molecule has 0 unspecified atom stereocenters. The van der Waals surface area contributed by atoms with Gasteiger partial charge < -0.3 is 14.3 Å². The van der Waals surface area contributed by atoms with Crippen molar-refractivity contribution < 1.29 is 22.7 Å². The number of anilines is 1. The molecule has 0 atom stereocenters. The summed E-state index contributed by atoms with van der Waals surface area (Å²) < 4.78 is 39.7. The molecule has 11 nitrogen and oxygen atoms in total. The zero-order valence-electron chi connectivity index (χ0n) is 22.4. The van der Waals surface area contributed by atoms with Gasteiger partial charge in [0, 0.05) is 23.9 Å². The average Bonchev–Trinajstić information content (AvgIpc) is 3.38. The Morgan fingerprint density at radius 3 is 2.54 bits per heavy atom. The Bertz CT molecular complexity index is 1990. The van der Waals surface area contributed by atoms with Gasteiger partial charge in [-0.1, -0.05) is 35.9 Å². The molecule has 1 fully saturated rings. The summed E-state index contributed by atoms with van der Waals surface area (Å²) in [6.45, 7) is 5.12. The fourth-order valence-electron chi connectivity index (χ4n) is 4.97. The number of aromatic hydroxyl groups is 1. The van der Waals surface area contributed by atoms with Crippen LogP contribution in [0.15, 0.2) is 79.9 Å². The molecule has 0 saturated carbocycles. The second-order valence-electron chi connectivity index (χ2n) is 9.75. The van der Waals surface area contributed by atoms with E-state index in [1.807, 2.05) is 26.0 Å². The lowest BCUT2D eigenvalue weighted by Crippen LogP contribution is -2.40. The van der Waals surface area contributed by atoms with Gasteiger partial charge in [0.25, 0.3) is 5.56 Å². The predicted octanol–water partition coefficient (Wildman–Crippen LogP) is 3.92. The van der Waals surface area contributed by atoms with Gasteiger partial charge >= 0.3 is 6.01 Å². The molecule has 0 spiro atoms. The molecule has 1 saturated heterocycles. The fraction of sp³-hybridized carbons (Fsp3) is 0.207. The minimum Gasteiger partial charge on any atom is -0.494 e. The van der Waals surface area contributed by atoms with E-state index in [1.165, 1.54) is 27.2 Å². The Morgan fingerprint density at radius 1 is 1.02 bits per heavy atom. The molecule has 3 heterocycles. The predicted molar refractivity (Wildman–Crippen MR) is 155 cm³/mol. The first kappa shape index (κ1) is 26.7. The summed E-state index contributed by atoms with van der Waals surface area (Å²) in [4.78, 5) is 17.8. The summed E-state index contributed by atoms with van der Waals surface area (Å²) in [6, 6.07) is 17.1. The lowest BCUT2D eigenvalue weighted by Gasteiger charge is -2.25. The number of nitrogens with zero attached hydrogens (tertiary/aromatic N) is 4. The third-order valence-electron chi connectivity index (χ3n) is 7.02. The van der Waals surface area contributed by atoms with Crippen molar-refractivity contribution in [2.45, 2.75) is 18.7 Å². The number of sulfonamides is 1. The van der Waals surface area contributed by atoms with E-state index in [2.05, 4.69) is 15.5 Å². The molecule has 2 N–H and O–H groups in total. The Kier molecular flexibility index (Phi) is 6.81. The molecule has 210 valence electrons. The number of hydrazone groups is 1. The Balaban J connectivity index is 1.34. The van der Waals surface area contributed by atoms with Crippen molar-refractivity contribution in [3.63, 3.8) is 0 Å². The zero-order valence-corrected chi connectivity index (χ0v) is 23.2. The van der Waals surface area contributed by atoms with Crippen LogP contribution in [0.3, 0.4) is 0 Å². The highest BCUT2D eigenvalue weighted by molar-refractivity contribution is 7.89. The zero-order chi connectivity index (χ0) is 28.7. The molecule has 0 amide bonds. The number of benzene rings is 3. The number of hydrogen-bond donors (Lipinski definition) is 2. The Morgan fingerprint density at radius 2 is 1.78 bits per heavy atom. The lowest BCUT2D eigenvalue weighted by molar-refractivity contribution is 0.0730. The van der Waals surface area contributed by atoms with Crippen LogP contribution in [0.25, 0.3) is 27.6 Å². The monoisotopic (exact) mass is 573 g/mol. The smallest absolute Gasteiger partial charge is 0.316 e. The average molecular weight is 574 g/mol. The molecular formula is C29H27N5O6S. The quantitative estimate of drug-likeness (QED) is 0.230. The molecule has 0 bridgehead atoms. The minimum absolute atomic E-state index is 0.0312. The van der Waals surface area contributed by atoms with Crippen LogP contribution in [0.4, 0.5) is 6.01 Å². The topological polar surface area (TPSA) is 139 Å². The van der Waals surface area contributed by atoms with Gasteiger partial charge in [0.05, 0.1) is 35.6 Å². The maximum absolute atomic E-state index is 13.4. The second kappa shape index (κ2) is 10.5. The highest BCUT2D eigenvalue weighted by Gasteiger charge is 2.27. The van der Waals surface area contributed by atoms with Gasteiger partial charge in [-0.3, -0.25) is 4.79 Å². The highest BCUT2D eigenvalue weighted by Crippen LogP contribution is 2.28. The van der Waals surface area contributed by atoms with Crippen LogP contribution >= 0.6 is 0 Å². The summed E-state index contributed by atoms with van der Waals surface area (Å²) in [5.41, 5.74) is 5.83. The van der Waals surface area contributed by atoms with Crippen molar-refractivity contribution in [2.75, 3.05) is 31.7 Å². The van der Waals surface area contributed by atoms with Gasteiger partial charge in [0.2, 0.25) is 15.9 Å². The Hall–Kier alpha value is -4.52. The first-order chi connectivity index (χ1) is 19.7. The summed E-state index contributed by atoms with van der Waals surface area (Å²) in [7, 11) is -3.69. The van der Waals surface area contributed by atoms with Crippen molar-refractivity contribution >= 4 is 44.1 Å². The van der Waals surface area contributed by atoms with E-state index >= 15 is 0 Å².